The maximum Gasteiger partial charge on any atom is 0.372 e. The predicted molar refractivity (Wildman–Crippen MR) is 45.8 cm³/mol. The molecule has 5 nitrogen and oxygen atoms in total. The zero-order valence-electron chi connectivity index (χ0n) is 7.14. The molecule has 0 aromatic carbocycles. The molecule has 0 bridgehead atoms. The molecule has 0 spiro atoms. The Morgan fingerprint density at radius 3 is 2.50 bits per heavy atom. The summed E-state index contributed by atoms with van der Waals surface area (Å²) >= 11 is 0. The number of ketones is 2. The van der Waals surface area contributed by atoms with Gasteiger partial charge in [-0.05, 0) is 12.1 Å². The molecular weight excluding hydrogens is 186 g/mol. The van der Waals surface area contributed by atoms with Crippen molar-refractivity contribution < 1.29 is 19.5 Å². The van der Waals surface area contributed by atoms with E-state index in [-0.39, 0.29) is 5.69 Å². The van der Waals surface area contributed by atoms with Gasteiger partial charge in [-0.1, -0.05) is 6.07 Å². The van der Waals surface area contributed by atoms with Crippen molar-refractivity contribution in [2.75, 3.05) is 0 Å². The lowest BCUT2D eigenvalue weighted by atomic mass is 10.1. The number of nitrogens with zero attached hydrogens (tertiary/aromatic N) is 1. The minimum Gasteiger partial charge on any atom is -0.475 e. The molecule has 0 saturated carbocycles. The molecule has 0 fully saturated rings. The normalized spacial score (nSPS) is 9.43. The molecule has 0 aliphatic carbocycles. The largest absolute Gasteiger partial charge is 0.475 e. The third kappa shape index (κ3) is 2.48. The number of hydrogen-bond donors (Lipinski definition) is 1. The van der Waals surface area contributed by atoms with Crippen LogP contribution in [-0.2, 0) is 9.59 Å². The number of aromatic nitrogens is 1. The van der Waals surface area contributed by atoms with Gasteiger partial charge in [-0.2, -0.15) is 0 Å². The molecule has 72 valence electrons. The smallest absolute Gasteiger partial charge is 0.372 e. The van der Waals surface area contributed by atoms with E-state index in [0.717, 1.165) is 0 Å². The molecule has 0 aliphatic heterocycles. The molecule has 1 N–H and O–H groups in total. The molecule has 1 heterocycles. The van der Waals surface area contributed by atoms with Gasteiger partial charge in [0.1, 0.15) is 5.69 Å². The van der Waals surface area contributed by atoms with E-state index in [1.165, 1.54) is 12.3 Å². The summed E-state index contributed by atoms with van der Waals surface area (Å²) in [6.07, 6.45) is 0.755. The first kappa shape index (κ1) is 10.0. The number of carboxylic acids is 1. The van der Waals surface area contributed by atoms with Crippen LogP contribution in [0.5, 0.6) is 0 Å². The Labute approximate surface area is 79.4 Å². The average molecular weight is 193 g/mol. The van der Waals surface area contributed by atoms with Crippen molar-refractivity contribution in [1.29, 1.82) is 0 Å². The second-order valence-electron chi connectivity index (χ2n) is 2.54. The predicted octanol–water partition coefficient (Wildman–Crippen LogP) is 0.308. The summed E-state index contributed by atoms with van der Waals surface area (Å²) in [6, 6.07) is 4.64. The SMILES string of the molecule is O=C(O)C(=O)CC(=O)c1ccccn1. The van der Waals surface area contributed by atoms with Crippen molar-refractivity contribution >= 4 is 17.5 Å². The Morgan fingerprint density at radius 1 is 1.29 bits per heavy atom. The fourth-order valence-electron chi connectivity index (χ4n) is 0.840. The number of Topliss-reactive ketones (excluding diaryl/α,β-unsaturated/α-hetero) is 2. The van der Waals surface area contributed by atoms with Crippen LogP contribution in [0.3, 0.4) is 0 Å². The van der Waals surface area contributed by atoms with Crippen molar-refractivity contribution in [2.24, 2.45) is 0 Å². The molecule has 0 saturated heterocycles. The molecular formula is C9H7NO4. The number of carbonyl (C=O) groups is 3. The zero-order valence-corrected chi connectivity index (χ0v) is 7.14. The highest BCUT2D eigenvalue weighted by Crippen LogP contribution is 1.99. The summed E-state index contributed by atoms with van der Waals surface area (Å²) < 4.78 is 0. The van der Waals surface area contributed by atoms with Crippen LogP contribution in [-0.4, -0.2) is 27.6 Å². The van der Waals surface area contributed by atoms with Crippen molar-refractivity contribution in [3.8, 4) is 0 Å². The lowest BCUT2D eigenvalue weighted by molar-refractivity contribution is -0.148. The quantitative estimate of drug-likeness (QED) is 0.422. The van der Waals surface area contributed by atoms with Crippen LogP contribution in [0.1, 0.15) is 16.9 Å². The van der Waals surface area contributed by atoms with Crippen LogP contribution in [0, 0.1) is 0 Å². The molecule has 0 amide bonds. The maximum atomic E-state index is 11.2. The number of pyridine rings is 1. The van der Waals surface area contributed by atoms with E-state index in [4.69, 9.17) is 5.11 Å². The fraction of sp³-hybridized carbons (Fsp3) is 0.111. The minimum atomic E-state index is -1.60. The highest BCUT2D eigenvalue weighted by molar-refractivity contribution is 6.37. The number of aliphatic carboxylic acids is 1. The molecule has 1 aromatic heterocycles. The van der Waals surface area contributed by atoms with E-state index in [9.17, 15) is 14.4 Å². The first-order chi connectivity index (χ1) is 6.61. The standard InChI is InChI=1S/C9H7NO4/c11-7(5-8(12)9(13)14)6-3-1-2-4-10-6/h1-4H,5H2,(H,13,14). The lowest BCUT2D eigenvalue weighted by Crippen LogP contribution is -2.17. The Kier molecular flexibility index (Phi) is 3.06. The molecule has 5 heteroatoms. The molecule has 1 aromatic rings. The minimum absolute atomic E-state index is 0.0992. The van der Waals surface area contributed by atoms with Gasteiger partial charge in [-0.15, -0.1) is 0 Å². The van der Waals surface area contributed by atoms with Crippen molar-refractivity contribution in [2.45, 2.75) is 6.42 Å². The van der Waals surface area contributed by atoms with Crippen molar-refractivity contribution in [3.05, 3.63) is 30.1 Å². The fourth-order valence-corrected chi connectivity index (χ4v) is 0.840. The number of rotatable bonds is 4. The second-order valence-corrected chi connectivity index (χ2v) is 2.54. The van der Waals surface area contributed by atoms with E-state index in [2.05, 4.69) is 4.98 Å². The number of hydrogen-bond acceptors (Lipinski definition) is 4. The second kappa shape index (κ2) is 4.27. The van der Waals surface area contributed by atoms with Crippen LogP contribution < -0.4 is 0 Å². The van der Waals surface area contributed by atoms with Crippen LogP contribution in [0.15, 0.2) is 24.4 Å². The van der Waals surface area contributed by atoms with Gasteiger partial charge in [-0.3, -0.25) is 14.6 Å². The van der Waals surface area contributed by atoms with Crippen LogP contribution >= 0.6 is 0 Å². The maximum absolute atomic E-state index is 11.2. The Bertz CT molecular complexity index is 372. The van der Waals surface area contributed by atoms with Gasteiger partial charge in [0.15, 0.2) is 5.78 Å². The van der Waals surface area contributed by atoms with E-state index in [1.807, 2.05) is 0 Å². The van der Waals surface area contributed by atoms with Gasteiger partial charge >= 0.3 is 5.97 Å². The molecule has 0 aliphatic rings. The third-order valence-electron chi connectivity index (χ3n) is 1.51. The van der Waals surface area contributed by atoms with E-state index < -0.39 is 24.0 Å². The summed E-state index contributed by atoms with van der Waals surface area (Å²) in [7, 11) is 0. The highest BCUT2D eigenvalue weighted by atomic mass is 16.4. The summed E-state index contributed by atoms with van der Waals surface area (Å²) in [5, 5.41) is 8.26. The van der Waals surface area contributed by atoms with Gasteiger partial charge in [0.25, 0.3) is 0 Å². The summed E-state index contributed by atoms with van der Waals surface area (Å²) in [6.45, 7) is 0. The third-order valence-corrected chi connectivity index (χ3v) is 1.51. The zero-order chi connectivity index (χ0) is 10.6. The molecule has 0 atom stereocenters. The van der Waals surface area contributed by atoms with Crippen molar-refractivity contribution in [1.82, 2.24) is 4.98 Å². The van der Waals surface area contributed by atoms with Gasteiger partial charge in [0.05, 0.1) is 6.42 Å². The topological polar surface area (TPSA) is 84.3 Å². The molecule has 0 unspecified atom stereocenters. The summed E-state index contributed by atoms with van der Waals surface area (Å²) in [5.74, 6) is -3.31. The first-order valence-electron chi connectivity index (χ1n) is 3.81. The molecule has 1 rings (SSSR count). The van der Waals surface area contributed by atoms with Gasteiger partial charge in [0.2, 0.25) is 5.78 Å². The highest BCUT2D eigenvalue weighted by Gasteiger charge is 2.17. The monoisotopic (exact) mass is 193 g/mol. The summed E-state index contributed by atoms with van der Waals surface area (Å²) in [5.41, 5.74) is 0.0992. The van der Waals surface area contributed by atoms with Gasteiger partial charge in [-0.25, -0.2) is 4.79 Å². The number of carboxylic acid groups (broad SMARTS) is 1. The van der Waals surface area contributed by atoms with E-state index >= 15 is 0 Å². The average Bonchev–Trinajstić information content (AvgIpc) is 2.19. The molecule has 14 heavy (non-hydrogen) atoms. The summed E-state index contributed by atoms with van der Waals surface area (Å²) in [4.78, 5) is 35.7. The van der Waals surface area contributed by atoms with Gasteiger partial charge < -0.3 is 5.11 Å². The number of carbonyl (C=O) groups excluding carboxylic acids is 2. The van der Waals surface area contributed by atoms with Crippen LogP contribution in [0.4, 0.5) is 0 Å². The van der Waals surface area contributed by atoms with Crippen LogP contribution in [0.2, 0.25) is 0 Å². The van der Waals surface area contributed by atoms with Gasteiger partial charge in [0, 0.05) is 6.20 Å². The van der Waals surface area contributed by atoms with Crippen molar-refractivity contribution in [3.63, 3.8) is 0 Å². The Morgan fingerprint density at radius 2 is 2.00 bits per heavy atom. The first-order valence-corrected chi connectivity index (χ1v) is 3.81. The lowest BCUT2D eigenvalue weighted by Gasteiger charge is -1.95. The Balaban J connectivity index is 2.69. The van der Waals surface area contributed by atoms with Crippen LogP contribution in [0.25, 0.3) is 0 Å². The van der Waals surface area contributed by atoms with E-state index in [1.54, 1.807) is 12.1 Å². The Hall–Kier alpha value is -2.04. The van der Waals surface area contributed by atoms with E-state index in [0.29, 0.717) is 0 Å². The molecule has 0 radical (unpaired) electrons.